The summed E-state index contributed by atoms with van der Waals surface area (Å²) in [6.07, 6.45) is 12.1. The standard InChI is InChI=1S/C59H45N5/c1-58(2)50-27-15-17-29-52(50)63-38-49-48-26-14-16-28-51(48)64(53(49)54(58)63)57-61-55(45-33-42(39-20-8-4-9-21-39)32-43(34-45)40-22-10-5-11-23-40)60-56(62-57)46-35-44(41-24-12-6-13-25-41)36-47(37-46)59(3)30-18-7-19-31-59/h4-30,32-38H,31H2,1-3H3. The van der Waals surface area contributed by atoms with E-state index >= 15 is 0 Å². The van der Waals surface area contributed by atoms with Gasteiger partial charge < -0.3 is 4.57 Å². The molecule has 0 bridgehead atoms. The van der Waals surface area contributed by atoms with Gasteiger partial charge in [-0.05, 0) is 93.4 Å². The number of allylic oxidation sites excluding steroid dienone is 4. The van der Waals surface area contributed by atoms with E-state index in [9.17, 15) is 0 Å². The Bertz CT molecular complexity index is 3440. The summed E-state index contributed by atoms with van der Waals surface area (Å²) in [7, 11) is 0. The fourth-order valence-electron chi connectivity index (χ4n) is 10.2. The Morgan fingerprint density at radius 1 is 0.484 bits per heavy atom. The van der Waals surface area contributed by atoms with Gasteiger partial charge in [0.25, 0.3) is 0 Å². The third kappa shape index (κ3) is 6.11. The molecule has 0 saturated heterocycles. The summed E-state index contributed by atoms with van der Waals surface area (Å²) < 4.78 is 4.69. The first kappa shape index (κ1) is 37.8. The Hall–Kier alpha value is -7.89. The molecule has 1 aliphatic heterocycles. The van der Waals surface area contributed by atoms with Crippen molar-refractivity contribution in [1.29, 1.82) is 0 Å². The van der Waals surface area contributed by atoms with Gasteiger partial charge in [-0.3, -0.25) is 4.57 Å². The van der Waals surface area contributed by atoms with Gasteiger partial charge >= 0.3 is 0 Å². The highest BCUT2D eigenvalue weighted by Crippen LogP contribution is 2.49. The third-order valence-corrected chi connectivity index (χ3v) is 13.5. The maximum Gasteiger partial charge on any atom is 0.238 e. The van der Waals surface area contributed by atoms with Crippen molar-refractivity contribution in [3.05, 3.63) is 223 Å². The second kappa shape index (κ2) is 14.6. The maximum atomic E-state index is 5.58. The molecular formula is C59H45N5. The van der Waals surface area contributed by atoms with Crippen LogP contribution in [0, 0.1) is 0 Å². The minimum Gasteiger partial charge on any atom is -0.317 e. The van der Waals surface area contributed by atoms with Crippen LogP contribution < -0.4 is 0 Å². The van der Waals surface area contributed by atoms with E-state index in [4.69, 9.17) is 15.0 Å². The Labute approximate surface area is 373 Å². The lowest BCUT2D eigenvalue weighted by Gasteiger charge is -2.28. The van der Waals surface area contributed by atoms with Crippen molar-refractivity contribution >= 4 is 21.8 Å². The number of fused-ring (bicyclic) bond motifs is 7. The van der Waals surface area contributed by atoms with E-state index in [1.165, 1.54) is 27.9 Å². The Balaban J connectivity index is 1.17. The molecule has 4 heterocycles. The van der Waals surface area contributed by atoms with Gasteiger partial charge in [0.2, 0.25) is 5.95 Å². The Morgan fingerprint density at radius 3 is 1.64 bits per heavy atom. The topological polar surface area (TPSA) is 48.5 Å². The molecule has 1 atom stereocenters. The number of rotatable bonds is 7. The van der Waals surface area contributed by atoms with Gasteiger partial charge in [0, 0.05) is 44.6 Å². The van der Waals surface area contributed by atoms with E-state index in [-0.39, 0.29) is 10.8 Å². The zero-order valence-corrected chi connectivity index (χ0v) is 36.1. The lowest BCUT2D eigenvalue weighted by molar-refractivity contribution is 0.600. The van der Waals surface area contributed by atoms with Gasteiger partial charge in [0.15, 0.2) is 11.6 Å². The first-order chi connectivity index (χ1) is 31.3. The molecule has 7 aromatic carbocycles. The van der Waals surface area contributed by atoms with Crippen LogP contribution >= 0.6 is 0 Å². The molecule has 3 aromatic heterocycles. The highest BCUT2D eigenvalue weighted by molar-refractivity contribution is 6.11. The summed E-state index contributed by atoms with van der Waals surface area (Å²) in [5, 5.41) is 2.33. The summed E-state index contributed by atoms with van der Waals surface area (Å²) in [6.45, 7) is 6.99. The summed E-state index contributed by atoms with van der Waals surface area (Å²) >= 11 is 0. The van der Waals surface area contributed by atoms with Crippen LogP contribution in [0.4, 0.5) is 0 Å². The van der Waals surface area contributed by atoms with Crippen LogP contribution in [0.25, 0.3) is 89.6 Å². The van der Waals surface area contributed by atoms with Crippen molar-refractivity contribution < 1.29 is 0 Å². The first-order valence-electron chi connectivity index (χ1n) is 22.2. The van der Waals surface area contributed by atoms with Crippen molar-refractivity contribution in [2.45, 2.75) is 38.0 Å². The molecule has 0 fully saturated rings. The highest BCUT2D eigenvalue weighted by Gasteiger charge is 2.40. The number of hydrogen-bond donors (Lipinski definition) is 0. The quantitative estimate of drug-likeness (QED) is 0.161. The highest BCUT2D eigenvalue weighted by atomic mass is 15.2. The van der Waals surface area contributed by atoms with Crippen LogP contribution in [-0.2, 0) is 10.8 Å². The number of hydrogen-bond acceptors (Lipinski definition) is 3. The molecule has 2 aliphatic rings. The Kier molecular flexibility index (Phi) is 8.63. The average molecular weight is 824 g/mol. The van der Waals surface area contributed by atoms with E-state index in [0.29, 0.717) is 17.6 Å². The van der Waals surface area contributed by atoms with E-state index < -0.39 is 0 Å². The molecule has 5 nitrogen and oxygen atoms in total. The van der Waals surface area contributed by atoms with Crippen LogP contribution in [0.5, 0.6) is 0 Å². The molecule has 10 aromatic rings. The normalized spacial score (nSPS) is 16.0. The average Bonchev–Trinajstić information content (AvgIpc) is 3.97. The molecule has 12 rings (SSSR count). The number of para-hydroxylation sites is 2. The number of nitrogens with zero attached hydrogens (tertiary/aromatic N) is 5. The monoisotopic (exact) mass is 823 g/mol. The molecular weight excluding hydrogens is 779 g/mol. The van der Waals surface area contributed by atoms with Gasteiger partial charge in [-0.1, -0.05) is 179 Å². The zero-order valence-electron chi connectivity index (χ0n) is 36.1. The molecule has 0 saturated carbocycles. The maximum absolute atomic E-state index is 5.58. The SMILES string of the molecule is CC1(c2cc(-c3ccccc3)cc(-c3nc(-c4cc(-c5ccccc5)cc(-c5ccccc5)c4)nc(-n4c5ccccc5c5cn6c(c54)C(C)(C)c4ccccc4-6)n3)c2)C=CC=CC1. The van der Waals surface area contributed by atoms with E-state index in [1.54, 1.807) is 0 Å². The number of benzene rings is 7. The predicted molar refractivity (Wildman–Crippen MR) is 263 cm³/mol. The zero-order chi connectivity index (χ0) is 43.0. The van der Waals surface area contributed by atoms with Crippen LogP contribution in [0.15, 0.2) is 206 Å². The van der Waals surface area contributed by atoms with Crippen LogP contribution in [0.1, 0.15) is 44.0 Å². The van der Waals surface area contributed by atoms with Crippen LogP contribution in [0.3, 0.4) is 0 Å². The molecule has 1 aliphatic carbocycles. The lowest BCUT2D eigenvalue weighted by atomic mass is 9.76. The minimum atomic E-state index is -0.284. The van der Waals surface area contributed by atoms with Crippen molar-refractivity contribution in [3.63, 3.8) is 0 Å². The first-order valence-corrected chi connectivity index (χ1v) is 22.2. The van der Waals surface area contributed by atoms with Crippen molar-refractivity contribution in [2.24, 2.45) is 0 Å². The van der Waals surface area contributed by atoms with Crippen molar-refractivity contribution in [1.82, 2.24) is 24.1 Å². The summed E-state index contributed by atoms with van der Waals surface area (Å²) in [6, 6.07) is 62.9. The van der Waals surface area contributed by atoms with Gasteiger partial charge in [0.1, 0.15) is 0 Å². The van der Waals surface area contributed by atoms with Gasteiger partial charge in [-0.15, -0.1) is 0 Å². The van der Waals surface area contributed by atoms with Gasteiger partial charge in [-0.25, -0.2) is 4.98 Å². The second-order valence-electron chi connectivity index (χ2n) is 18.0. The van der Waals surface area contributed by atoms with Gasteiger partial charge in [0.05, 0.1) is 16.7 Å². The van der Waals surface area contributed by atoms with Crippen LogP contribution in [0.2, 0.25) is 0 Å². The molecule has 5 heteroatoms. The molecule has 0 N–H and O–H groups in total. The summed E-state index contributed by atoms with van der Waals surface area (Å²) in [4.78, 5) is 16.6. The van der Waals surface area contributed by atoms with Crippen molar-refractivity contribution in [3.8, 4) is 67.8 Å². The van der Waals surface area contributed by atoms with Crippen LogP contribution in [-0.4, -0.2) is 24.1 Å². The Morgan fingerprint density at radius 2 is 1.02 bits per heavy atom. The molecule has 306 valence electrons. The molecule has 0 amide bonds. The fraction of sp³-hybridized carbons (Fsp3) is 0.102. The second-order valence-corrected chi connectivity index (χ2v) is 18.0. The molecule has 64 heavy (non-hydrogen) atoms. The molecule has 1 unspecified atom stereocenters. The predicted octanol–water partition coefficient (Wildman–Crippen LogP) is 14.5. The minimum absolute atomic E-state index is 0.210. The van der Waals surface area contributed by atoms with E-state index in [2.05, 4.69) is 236 Å². The smallest absolute Gasteiger partial charge is 0.238 e. The summed E-state index contributed by atoms with van der Waals surface area (Å²) in [5.41, 5.74) is 15.2. The van der Waals surface area contributed by atoms with Crippen molar-refractivity contribution in [2.75, 3.05) is 0 Å². The summed E-state index contributed by atoms with van der Waals surface area (Å²) in [5.74, 6) is 1.81. The molecule has 0 spiro atoms. The lowest BCUT2D eigenvalue weighted by Crippen LogP contribution is -2.19. The third-order valence-electron chi connectivity index (χ3n) is 13.5. The van der Waals surface area contributed by atoms with E-state index in [1.807, 2.05) is 0 Å². The van der Waals surface area contributed by atoms with E-state index in [0.717, 1.165) is 67.3 Å². The molecule has 0 radical (unpaired) electrons. The van der Waals surface area contributed by atoms with Gasteiger partial charge in [-0.2, -0.15) is 9.97 Å². The number of aromatic nitrogens is 5. The fourth-order valence-corrected chi connectivity index (χ4v) is 10.2. The largest absolute Gasteiger partial charge is 0.317 e.